The number of hydrogen-bond acceptors (Lipinski definition) is 1. The van der Waals surface area contributed by atoms with Crippen molar-refractivity contribution in [1.82, 2.24) is 0 Å². The maximum Gasteiger partial charge on any atom is 0.0614 e. The first kappa shape index (κ1) is 14.1. The van der Waals surface area contributed by atoms with Crippen molar-refractivity contribution in [2.24, 2.45) is 29.6 Å². The van der Waals surface area contributed by atoms with Crippen LogP contribution in [0.15, 0.2) is 18.2 Å². The minimum absolute atomic E-state index is 0.208. The van der Waals surface area contributed by atoms with E-state index < -0.39 is 0 Å². The van der Waals surface area contributed by atoms with Crippen LogP contribution in [0.4, 0.5) is 0 Å². The van der Waals surface area contributed by atoms with E-state index in [1.807, 2.05) is 6.07 Å². The molecule has 1 atom stereocenters. The van der Waals surface area contributed by atoms with Crippen LogP contribution in [-0.4, -0.2) is 11.2 Å². The van der Waals surface area contributed by atoms with Crippen molar-refractivity contribution in [2.75, 3.05) is 0 Å². The van der Waals surface area contributed by atoms with E-state index in [0.29, 0.717) is 5.92 Å². The number of aryl methyl sites for hydroxylation is 1. The molecule has 1 aromatic rings. The van der Waals surface area contributed by atoms with Gasteiger partial charge in [0.25, 0.3) is 0 Å². The van der Waals surface area contributed by atoms with E-state index in [1.165, 1.54) is 37.7 Å². The molecule has 1 unspecified atom stereocenters. The number of aliphatic hydroxyl groups excluding tert-OH is 1. The third-order valence-electron chi connectivity index (χ3n) is 6.38. The average molecular weight is 305 g/mol. The third kappa shape index (κ3) is 2.53. The molecule has 4 saturated carbocycles. The highest BCUT2D eigenvalue weighted by Gasteiger charge is 2.50. The molecule has 4 aliphatic rings. The zero-order valence-corrected chi connectivity index (χ0v) is 13.5. The van der Waals surface area contributed by atoms with Gasteiger partial charge in [-0.2, -0.15) is 0 Å². The second kappa shape index (κ2) is 5.28. The topological polar surface area (TPSA) is 20.2 Å². The van der Waals surface area contributed by atoms with Crippen LogP contribution >= 0.6 is 11.6 Å². The summed E-state index contributed by atoms with van der Waals surface area (Å²) in [5.41, 5.74) is 2.30. The normalized spacial score (nSPS) is 38.7. The molecule has 114 valence electrons. The Balaban J connectivity index is 1.51. The highest BCUT2D eigenvalue weighted by Crippen LogP contribution is 2.57. The van der Waals surface area contributed by atoms with Crippen molar-refractivity contribution in [3.63, 3.8) is 0 Å². The van der Waals surface area contributed by atoms with E-state index in [0.717, 1.165) is 40.7 Å². The quantitative estimate of drug-likeness (QED) is 0.863. The van der Waals surface area contributed by atoms with Gasteiger partial charge >= 0.3 is 0 Å². The molecule has 4 aliphatic carbocycles. The van der Waals surface area contributed by atoms with E-state index in [1.54, 1.807) is 0 Å². The average Bonchev–Trinajstić information content (AvgIpc) is 2.40. The minimum atomic E-state index is -0.208. The molecule has 0 saturated heterocycles. The van der Waals surface area contributed by atoms with Gasteiger partial charge in [0.2, 0.25) is 0 Å². The van der Waals surface area contributed by atoms with Crippen LogP contribution in [0.1, 0.15) is 43.2 Å². The van der Waals surface area contributed by atoms with Gasteiger partial charge < -0.3 is 5.11 Å². The van der Waals surface area contributed by atoms with Gasteiger partial charge in [0.1, 0.15) is 0 Å². The first-order valence-electron chi connectivity index (χ1n) is 8.53. The van der Waals surface area contributed by atoms with Gasteiger partial charge in [-0.3, -0.25) is 0 Å². The molecular weight excluding hydrogens is 280 g/mol. The summed E-state index contributed by atoms with van der Waals surface area (Å²) >= 11 is 6.35. The Morgan fingerprint density at radius 1 is 1.10 bits per heavy atom. The Labute approximate surface area is 132 Å². The molecule has 0 heterocycles. The largest absolute Gasteiger partial charge is 0.392 e. The third-order valence-corrected chi connectivity index (χ3v) is 6.73. The van der Waals surface area contributed by atoms with Crippen molar-refractivity contribution in [3.05, 3.63) is 34.3 Å². The summed E-state index contributed by atoms with van der Waals surface area (Å²) in [7, 11) is 0. The zero-order chi connectivity index (χ0) is 14.6. The molecule has 1 nitrogen and oxygen atoms in total. The fourth-order valence-electron chi connectivity index (χ4n) is 5.77. The molecule has 4 fully saturated rings. The second-order valence-electron chi connectivity index (χ2n) is 7.87. The van der Waals surface area contributed by atoms with Gasteiger partial charge in [-0.15, -0.1) is 0 Å². The first-order chi connectivity index (χ1) is 10.1. The number of aliphatic hydroxyl groups is 1. The van der Waals surface area contributed by atoms with Gasteiger partial charge in [0, 0.05) is 11.4 Å². The van der Waals surface area contributed by atoms with Crippen molar-refractivity contribution < 1.29 is 5.11 Å². The molecule has 0 amide bonds. The van der Waals surface area contributed by atoms with E-state index in [2.05, 4.69) is 19.1 Å². The molecule has 0 spiro atoms. The van der Waals surface area contributed by atoms with Crippen LogP contribution in [0.5, 0.6) is 0 Å². The van der Waals surface area contributed by atoms with Gasteiger partial charge in [0.05, 0.1) is 6.10 Å². The Morgan fingerprint density at radius 3 is 2.29 bits per heavy atom. The van der Waals surface area contributed by atoms with E-state index in [4.69, 9.17) is 11.6 Å². The number of benzene rings is 1. The van der Waals surface area contributed by atoms with Crippen LogP contribution in [0.25, 0.3) is 0 Å². The van der Waals surface area contributed by atoms with Crippen LogP contribution in [0.3, 0.4) is 0 Å². The fraction of sp³-hybridized carbons (Fsp3) is 0.684. The predicted octanol–water partition coefficient (Wildman–Crippen LogP) is 4.62. The standard InChI is InChI=1S/C19H25ClO/c1-11-2-3-14(17(20)4-11)10-18(21)19-15-6-12-5-13(8-15)9-16(19)7-12/h2-4,12-13,15-16,18-19,21H,5-10H2,1H3. The molecule has 0 radical (unpaired) electrons. The van der Waals surface area contributed by atoms with Crippen LogP contribution in [0.2, 0.25) is 5.02 Å². The Hall–Kier alpha value is -0.530. The minimum Gasteiger partial charge on any atom is -0.392 e. The Bertz CT molecular complexity index is 510. The highest BCUT2D eigenvalue weighted by atomic mass is 35.5. The molecule has 0 aromatic heterocycles. The van der Waals surface area contributed by atoms with Gasteiger partial charge in [0.15, 0.2) is 0 Å². The van der Waals surface area contributed by atoms with Gasteiger partial charge in [-0.25, -0.2) is 0 Å². The Morgan fingerprint density at radius 2 is 1.71 bits per heavy atom. The van der Waals surface area contributed by atoms with Crippen LogP contribution < -0.4 is 0 Å². The predicted molar refractivity (Wildman–Crippen MR) is 86.4 cm³/mol. The summed E-state index contributed by atoms with van der Waals surface area (Å²) in [5.74, 6) is 4.02. The monoisotopic (exact) mass is 304 g/mol. The molecule has 1 N–H and O–H groups in total. The van der Waals surface area contributed by atoms with Crippen LogP contribution in [0, 0.1) is 36.5 Å². The van der Waals surface area contributed by atoms with E-state index in [9.17, 15) is 5.11 Å². The van der Waals surface area contributed by atoms with E-state index in [-0.39, 0.29) is 6.10 Å². The lowest BCUT2D eigenvalue weighted by atomic mass is 9.50. The number of halogens is 1. The van der Waals surface area contributed by atoms with E-state index >= 15 is 0 Å². The molecule has 21 heavy (non-hydrogen) atoms. The Kier molecular flexibility index (Phi) is 3.54. The zero-order valence-electron chi connectivity index (χ0n) is 12.8. The summed E-state index contributed by atoms with van der Waals surface area (Å²) in [5, 5.41) is 11.7. The maximum atomic E-state index is 10.9. The van der Waals surface area contributed by atoms with Gasteiger partial charge in [-0.1, -0.05) is 23.7 Å². The smallest absolute Gasteiger partial charge is 0.0614 e. The number of rotatable bonds is 3. The van der Waals surface area contributed by atoms with Crippen molar-refractivity contribution in [1.29, 1.82) is 0 Å². The molecular formula is C19H25ClO. The van der Waals surface area contributed by atoms with Crippen molar-refractivity contribution >= 4 is 11.6 Å². The van der Waals surface area contributed by atoms with Gasteiger partial charge in [-0.05, 0) is 85.8 Å². The van der Waals surface area contributed by atoms with Crippen LogP contribution in [-0.2, 0) is 6.42 Å². The first-order valence-corrected chi connectivity index (χ1v) is 8.91. The number of hydrogen-bond donors (Lipinski definition) is 1. The molecule has 1 aromatic carbocycles. The second-order valence-corrected chi connectivity index (χ2v) is 8.28. The molecule has 2 heteroatoms. The lowest BCUT2D eigenvalue weighted by Crippen LogP contribution is -2.49. The molecule has 4 bridgehead atoms. The maximum absolute atomic E-state index is 10.9. The SMILES string of the molecule is Cc1ccc(CC(O)C2C3CC4CC(C3)CC2C4)c(Cl)c1. The summed E-state index contributed by atoms with van der Waals surface area (Å²) < 4.78 is 0. The highest BCUT2D eigenvalue weighted by molar-refractivity contribution is 6.31. The summed E-state index contributed by atoms with van der Waals surface area (Å²) in [6.45, 7) is 2.06. The van der Waals surface area contributed by atoms with Crippen molar-refractivity contribution in [2.45, 2.75) is 51.6 Å². The molecule has 5 rings (SSSR count). The van der Waals surface area contributed by atoms with Crippen molar-refractivity contribution in [3.8, 4) is 0 Å². The summed E-state index contributed by atoms with van der Waals surface area (Å²) in [6.07, 6.45) is 7.48. The lowest BCUT2D eigenvalue weighted by Gasteiger charge is -2.55. The molecule has 0 aliphatic heterocycles. The summed E-state index contributed by atoms with van der Waals surface area (Å²) in [4.78, 5) is 0. The fourth-order valence-corrected chi connectivity index (χ4v) is 6.09. The lowest BCUT2D eigenvalue weighted by molar-refractivity contribution is -0.0887. The summed E-state index contributed by atoms with van der Waals surface area (Å²) in [6, 6.07) is 6.21.